The van der Waals surface area contributed by atoms with Crippen LogP contribution in [0.25, 0.3) is 0 Å². The summed E-state index contributed by atoms with van der Waals surface area (Å²) in [6.07, 6.45) is 5.91. The van der Waals surface area contributed by atoms with Crippen molar-refractivity contribution in [2.45, 2.75) is 64.5 Å². The zero-order chi connectivity index (χ0) is 17.8. The Labute approximate surface area is 147 Å². The fraction of sp³-hybridized carbons (Fsp3) is 0.650. The van der Waals surface area contributed by atoms with E-state index in [-0.39, 0.29) is 18.1 Å². The highest BCUT2D eigenvalue weighted by Crippen LogP contribution is 2.26. The molecule has 4 heteroatoms. The highest BCUT2D eigenvalue weighted by molar-refractivity contribution is 5.69. The van der Waals surface area contributed by atoms with Crippen LogP contribution in [0.2, 0.25) is 0 Å². The molecule has 24 heavy (non-hydrogen) atoms. The summed E-state index contributed by atoms with van der Waals surface area (Å²) in [6.45, 7) is 5.99. The van der Waals surface area contributed by atoms with Crippen molar-refractivity contribution in [3.8, 4) is 0 Å². The number of methoxy groups -OCH3 is 1. The van der Waals surface area contributed by atoms with Crippen molar-refractivity contribution in [2.24, 2.45) is 5.73 Å². The monoisotopic (exact) mass is 334 g/mol. The highest BCUT2D eigenvalue weighted by Gasteiger charge is 2.26. The molecule has 1 rings (SSSR count). The maximum Gasteiger partial charge on any atom is 0.307 e. The lowest BCUT2D eigenvalue weighted by atomic mass is 9.98. The van der Waals surface area contributed by atoms with Crippen LogP contribution in [0.3, 0.4) is 0 Å². The summed E-state index contributed by atoms with van der Waals surface area (Å²) in [4.78, 5) is 14.4. The summed E-state index contributed by atoms with van der Waals surface area (Å²) >= 11 is 0. The first kappa shape index (κ1) is 20.7. The Kier molecular flexibility index (Phi) is 10.4. The van der Waals surface area contributed by atoms with E-state index in [0.29, 0.717) is 13.0 Å². The van der Waals surface area contributed by atoms with Gasteiger partial charge in [-0.3, -0.25) is 9.69 Å². The van der Waals surface area contributed by atoms with Crippen LogP contribution in [0.5, 0.6) is 0 Å². The maximum atomic E-state index is 11.9. The van der Waals surface area contributed by atoms with Crippen LogP contribution in [0.15, 0.2) is 30.3 Å². The molecule has 0 heterocycles. The van der Waals surface area contributed by atoms with Gasteiger partial charge in [0, 0.05) is 18.6 Å². The van der Waals surface area contributed by atoms with Crippen molar-refractivity contribution in [2.75, 3.05) is 20.2 Å². The van der Waals surface area contributed by atoms with E-state index < -0.39 is 0 Å². The van der Waals surface area contributed by atoms with Crippen LogP contribution in [0.4, 0.5) is 0 Å². The van der Waals surface area contributed by atoms with Crippen LogP contribution >= 0.6 is 0 Å². The summed E-state index contributed by atoms with van der Waals surface area (Å²) in [5.41, 5.74) is 7.02. The Morgan fingerprint density at radius 1 is 1.21 bits per heavy atom. The Bertz CT molecular complexity index is 450. The normalized spacial score (nSPS) is 13.7. The minimum atomic E-state index is -0.130. The number of hydrogen-bond acceptors (Lipinski definition) is 4. The van der Waals surface area contributed by atoms with E-state index >= 15 is 0 Å². The van der Waals surface area contributed by atoms with Gasteiger partial charge in [-0.15, -0.1) is 0 Å². The number of esters is 1. The number of unbranched alkanes of at least 4 members (excludes halogenated alkanes) is 2. The molecule has 1 aromatic rings. The molecule has 2 atom stereocenters. The zero-order valence-electron chi connectivity index (χ0n) is 15.5. The average molecular weight is 335 g/mol. The number of nitrogens with two attached hydrogens (primary N) is 1. The van der Waals surface area contributed by atoms with Gasteiger partial charge in [0.25, 0.3) is 0 Å². The number of hydrogen-bond donors (Lipinski definition) is 1. The molecule has 0 aliphatic rings. The molecule has 0 aliphatic heterocycles. The second-order valence-electron chi connectivity index (χ2n) is 6.40. The van der Waals surface area contributed by atoms with Gasteiger partial charge in [0.2, 0.25) is 0 Å². The Morgan fingerprint density at radius 2 is 1.92 bits per heavy atom. The predicted octanol–water partition coefficient (Wildman–Crippen LogP) is 3.91. The van der Waals surface area contributed by atoms with E-state index in [1.807, 2.05) is 6.07 Å². The van der Waals surface area contributed by atoms with Gasteiger partial charge < -0.3 is 10.5 Å². The number of benzene rings is 1. The summed E-state index contributed by atoms with van der Waals surface area (Å²) in [6, 6.07) is 10.9. The van der Waals surface area contributed by atoms with Crippen molar-refractivity contribution in [1.82, 2.24) is 4.90 Å². The number of carbonyl (C=O) groups excluding carboxylic acids is 1. The molecular weight excluding hydrogens is 300 g/mol. The lowest BCUT2D eigenvalue weighted by molar-refractivity contribution is -0.142. The first-order valence-corrected chi connectivity index (χ1v) is 9.21. The Hall–Kier alpha value is -1.39. The maximum absolute atomic E-state index is 11.9. The molecule has 0 saturated carbocycles. The van der Waals surface area contributed by atoms with E-state index in [1.54, 1.807) is 0 Å². The van der Waals surface area contributed by atoms with Crippen LogP contribution in [-0.2, 0) is 9.53 Å². The molecule has 2 N–H and O–H groups in total. The van der Waals surface area contributed by atoms with Crippen molar-refractivity contribution in [3.63, 3.8) is 0 Å². The van der Waals surface area contributed by atoms with E-state index in [1.165, 1.54) is 25.5 Å². The van der Waals surface area contributed by atoms with Crippen LogP contribution in [0.1, 0.15) is 64.0 Å². The SMILES string of the molecule is CCCCC[C@H](CC(=O)OC)N(CCCN)[C@H](C)c1ccccc1. The van der Waals surface area contributed by atoms with Gasteiger partial charge in [-0.25, -0.2) is 0 Å². The number of rotatable bonds is 12. The smallest absolute Gasteiger partial charge is 0.307 e. The highest BCUT2D eigenvalue weighted by atomic mass is 16.5. The molecule has 0 spiro atoms. The van der Waals surface area contributed by atoms with Crippen molar-refractivity contribution in [1.29, 1.82) is 0 Å². The topological polar surface area (TPSA) is 55.6 Å². The van der Waals surface area contributed by atoms with Crippen molar-refractivity contribution in [3.05, 3.63) is 35.9 Å². The summed E-state index contributed by atoms with van der Waals surface area (Å²) in [5, 5.41) is 0. The molecule has 4 nitrogen and oxygen atoms in total. The Morgan fingerprint density at radius 3 is 2.50 bits per heavy atom. The predicted molar refractivity (Wildman–Crippen MR) is 99.8 cm³/mol. The molecule has 0 saturated heterocycles. The van der Waals surface area contributed by atoms with Gasteiger partial charge >= 0.3 is 5.97 Å². The standard InChI is InChI=1S/C20H34N2O2/c1-4-5-7-13-19(16-20(23)24-3)22(15-10-14-21)17(2)18-11-8-6-9-12-18/h6,8-9,11-12,17,19H,4-5,7,10,13-16,21H2,1-3H3/t17-,19-/m1/s1. The molecular formula is C20H34N2O2. The van der Waals surface area contributed by atoms with E-state index in [9.17, 15) is 4.79 Å². The van der Waals surface area contributed by atoms with Gasteiger partial charge in [-0.05, 0) is 31.9 Å². The summed E-state index contributed by atoms with van der Waals surface area (Å²) < 4.78 is 4.94. The molecule has 136 valence electrons. The third kappa shape index (κ3) is 7.02. The fourth-order valence-corrected chi connectivity index (χ4v) is 3.18. The third-order valence-corrected chi connectivity index (χ3v) is 4.64. The first-order chi connectivity index (χ1) is 11.6. The largest absolute Gasteiger partial charge is 0.469 e. The average Bonchev–Trinajstić information content (AvgIpc) is 2.62. The van der Waals surface area contributed by atoms with E-state index in [2.05, 4.69) is 43.0 Å². The second kappa shape index (κ2) is 12.0. The number of nitrogens with zero attached hydrogens (tertiary/aromatic N) is 1. The molecule has 0 aromatic heterocycles. The van der Waals surface area contributed by atoms with Crippen LogP contribution < -0.4 is 5.73 Å². The summed E-state index contributed by atoms with van der Waals surface area (Å²) in [7, 11) is 1.47. The van der Waals surface area contributed by atoms with Crippen LogP contribution in [0, 0.1) is 0 Å². The van der Waals surface area contributed by atoms with Crippen LogP contribution in [-0.4, -0.2) is 37.1 Å². The van der Waals surface area contributed by atoms with Gasteiger partial charge in [-0.1, -0.05) is 56.5 Å². The minimum absolute atomic E-state index is 0.130. The second-order valence-corrected chi connectivity index (χ2v) is 6.40. The van der Waals surface area contributed by atoms with Crippen molar-refractivity contribution >= 4 is 5.97 Å². The molecule has 0 aliphatic carbocycles. The van der Waals surface area contributed by atoms with Crippen molar-refractivity contribution < 1.29 is 9.53 Å². The molecule has 0 radical (unpaired) electrons. The van der Waals surface area contributed by atoms with Gasteiger partial charge in [0.15, 0.2) is 0 Å². The summed E-state index contributed by atoms with van der Waals surface area (Å²) in [5.74, 6) is -0.130. The minimum Gasteiger partial charge on any atom is -0.469 e. The zero-order valence-corrected chi connectivity index (χ0v) is 15.5. The lowest BCUT2D eigenvalue weighted by Gasteiger charge is -2.36. The van der Waals surface area contributed by atoms with Gasteiger partial charge in [0.05, 0.1) is 13.5 Å². The first-order valence-electron chi connectivity index (χ1n) is 9.21. The lowest BCUT2D eigenvalue weighted by Crippen LogP contribution is -2.40. The quantitative estimate of drug-likeness (QED) is 0.465. The fourth-order valence-electron chi connectivity index (χ4n) is 3.18. The van der Waals surface area contributed by atoms with E-state index in [0.717, 1.165) is 25.8 Å². The molecule has 0 amide bonds. The molecule has 0 unspecified atom stereocenters. The Balaban J connectivity index is 2.93. The van der Waals surface area contributed by atoms with Gasteiger partial charge in [-0.2, -0.15) is 0 Å². The van der Waals surface area contributed by atoms with Gasteiger partial charge in [0.1, 0.15) is 0 Å². The van der Waals surface area contributed by atoms with E-state index in [4.69, 9.17) is 10.5 Å². The third-order valence-electron chi connectivity index (χ3n) is 4.64. The molecule has 0 bridgehead atoms. The molecule has 1 aromatic carbocycles. The molecule has 0 fully saturated rings. The number of carbonyl (C=O) groups is 1. The number of ether oxygens (including phenoxy) is 1.